The first kappa shape index (κ1) is 13.1. The fourth-order valence-corrected chi connectivity index (χ4v) is 0.692. The van der Waals surface area contributed by atoms with Crippen LogP contribution in [0, 0.1) is 0 Å². The maximum absolute atomic E-state index is 10.0. The van der Waals surface area contributed by atoms with E-state index in [4.69, 9.17) is 5.11 Å². The predicted molar refractivity (Wildman–Crippen MR) is 46.8 cm³/mol. The molecule has 3 nitrogen and oxygen atoms in total. The number of hydrogen-bond acceptors (Lipinski definition) is 2. The standard InChI is InChI=1S/C6H13NO2.C2H6/c1-3-4-7(2)5-6(8)9;1-2/h3-5H2,1-2H3,(H,8,9);1-2H3. The molecule has 68 valence electrons. The molecule has 0 saturated carbocycles. The van der Waals surface area contributed by atoms with Crippen molar-refractivity contribution in [3.63, 3.8) is 0 Å². The topological polar surface area (TPSA) is 40.5 Å². The third-order valence-corrected chi connectivity index (χ3v) is 1.01. The minimum Gasteiger partial charge on any atom is -0.480 e. The van der Waals surface area contributed by atoms with Crippen LogP contribution in [0.5, 0.6) is 0 Å². The van der Waals surface area contributed by atoms with Gasteiger partial charge in [-0.1, -0.05) is 20.8 Å². The number of nitrogens with zero attached hydrogens (tertiary/aromatic N) is 1. The molecule has 0 fully saturated rings. The van der Waals surface area contributed by atoms with E-state index in [0.717, 1.165) is 13.0 Å². The van der Waals surface area contributed by atoms with Gasteiger partial charge in [0, 0.05) is 0 Å². The monoisotopic (exact) mass is 161 g/mol. The number of carboxylic acids is 1. The number of aliphatic carboxylic acids is 1. The van der Waals surface area contributed by atoms with Gasteiger partial charge in [-0.2, -0.15) is 0 Å². The van der Waals surface area contributed by atoms with E-state index in [2.05, 4.69) is 0 Å². The van der Waals surface area contributed by atoms with E-state index in [0.29, 0.717) is 0 Å². The van der Waals surface area contributed by atoms with Crippen LogP contribution in [0.15, 0.2) is 0 Å². The molecule has 0 amide bonds. The zero-order valence-corrected chi connectivity index (χ0v) is 7.92. The first-order valence-corrected chi connectivity index (χ1v) is 4.07. The lowest BCUT2D eigenvalue weighted by atomic mass is 10.4. The molecule has 0 heterocycles. The van der Waals surface area contributed by atoms with Gasteiger partial charge < -0.3 is 5.11 Å². The number of carboxylic acid groups (broad SMARTS) is 1. The lowest BCUT2D eigenvalue weighted by Gasteiger charge is -2.10. The summed E-state index contributed by atoms with van der Waals surface area (Å²) >= 11 is 0. The molecule has 0 aromatic rings. The van der Waals surface area contributed by atoms with E-state index in [1.165, 1.54) is 0 Å². The number of likely N-dealkylation sites (N-methyl/N-ethyl adjacent to an activating group) is 1. The highest BCUT2D eigenvalue weighted by Crippen LogP contribution is 1.83. The van der Waals surface area contributed by atoms with E-state index < -0.39 is 5.97 Å². The first-order valence-electron chi connectivity index (χ1n) is 4.07. The molecule has 0 aliphatic rings. The molecule has 0 aliphatic heterocycles. The van der Waals surface area contributed by atoms with Crippen LogP contribution in [0.3, 0.4) is 0 Å². The first-order chi connectivity index (χ1) is 5.16. The van der Waals surface area contributed by atoms with Crippen molar-refractivity contribution in [1.82, 2.24) is 4.90 Å². The van der Waals surface area contributed by atoms with Gasteiger partial charge in [-0.15, -0.1) is 0 Å². The van der Waals surface area contributed by atoms with Crippen molar-refractivity contribution in [3.8, 4) is 0 Å². The molecule has 0 radical (unpaired) electrons. The van der Waals surface area contributed by atoms with Crippen LogP contribution in [0.2, 0.25) is 0 Å². The van der Waals surface area contributed by atoms with E-state index >= 15 is 0 Å². The van der Waals surface area contributed by atoms with Crippen molar-refractivity contribution in [2.24, 2.45) is 0 Å². The molecule has 0 aromatic carbocycles. The fraction of sp³-hybridized carbons (Fsp3) is 0.875. The van der Waals surface area contributed by atoms with Gasteiger partial charge in [0.15, 0.2) is 0 Å². The zero-order valence-electron chi connectivity index (χ0n) is 7.92. The maximum Gasteiger partial charge on any atom is 0.317 e. The third-order valence-electron chi connectivity index (χ3n) is 1.01. The normalized spacial score (nSPS) is 8.82. The van der Waals surface area contributed by atoms with Gasteiger partial charge in [0.1, 0.15) is 0 Å². The van der Waals surface area contributed by atoms with Gasteiger partial charge in [0.2, 0.25) is 0 Å². The van der Waals surface area contributed by atoms with Gasteiger partial charge in [-0.05, 0) is 20.0 Å². The molecule has 1 N–H and O–H groups in total. The molecule has 0 bridgehead atoms. The van der Waals surface area contributed by atoms with Crippen LogP contribution < -0.4 is 0 Å². The Bertz CT molecular complexity index is 94.1. The predicted octanol–water partition coefficient (Wildman–Crippen LogP) is 1.44. The largest absolute Gasteiger partial charge is 0.480 e. The van der Waals surface area contributed by atoms with E-state index in [1.807, 2.05) is 20.8 Å². The number of carbonyl (C=O) groups is 1. The molecule has 3 heteroatoms. The summed E-state index contributed by atoms with van der Waals surface area (Å²) in [5, 5.41) is 8.27. The van der Waals surface area contributed by atoms with Crippen LogP contribution in [-0.2, 0) is 4.79 Å². The van der Waals surface area contributed by atoms with Gasteiger partial charge in [0.05, 0.1) is 6.54 Å². The van der Waals surface area contributed by atoms with E-state index in [1.54, 1.807) is 11.9 Å². The second-order valence-corrected chi connectivity index (χ2v) is 2.13. The maximum atomic E-state index is 10.0. The Kier molecular flexibility index (Phi) is 11.2. The molecular formula is C8H19NO2. The summed E-state index contributed by atoms with van der Waals surface area (Å²) in [6, 6.07) is 0. The average molecular weight is 161 g/mol. The molecule has 0 rings (SSSR count). The molecule has 11 heavy (non-hydrogen) atoms. The van der Waals surface area contributed by atoms with Crippen molar-refractivity contribution in [1.29, 1.82) is 0 Å². The molecule has 0 saturated heterocycles. The summed E-state index contributed by atoms with van der Waals surface area (Å²) in [6.07, 6.45) is 1.00. The van der Waals surface area contributed by atoms with Crippen LogP contribution in [0.25, 0.3) is 0 Å². The average Bonchev–Trinajstić information content (AvgIpc) is 1.91. The Morgan fingerprint density at radius 2 is 1.91 bits per heavy atom. The van der Waals surface area contributed by atoms with E-state index in [-0.39, 0.29) is 6.54 Å². The van der Waals surface area contributed by atoms with Crippen molar-refractivity contribution >= 4 is 5.97 Å². The minimum absolute atomic E-state index is 0.147. The highest BCUT2D eigenvalue weighted by Gasteiger charge is 2.00. The van der Waals surface area contributed by atoms with Crippen molar-refractivity contribution in [3.05, 3.63) is 0 Å². The minimum atomic E-state index is -0.758. The molecule has 0 aromatic heterocycles. The van der Waals surface area contributed by atoms with Gasteiger partial charge in [-0.25, -0.2) is 0 Å². The molecule has 0 aliphatic carbocycles. The highest BCUT2D eigenvalue weighted by atomic mass is 16.4. The van der Waals surface area contributed by atoms with Crippen molar-refractivity contribution < 1.29 is 9.90 Å². The van der Waals surface area contributed by atoms with Gasteiger partial charge in [0.25, 0.3) is 0 Å². The van der Waals surface area contributed by atoms with Crippen molar-refractivity contribution in [2.75, 3.05) is 20.1 Å². The summed E-state index contributed by atoms with van der Waals surface area (Å²) in [4.78, 5) is 11.8. The fourth-order valence-electron chi connectivity index (χ4n) is 0.692. The van der Waals surface area contributed by atoms with Crippen LogP contribution in [-0.4, -0.2) is 36.1 Å². The van der Waals surface area contributed by atoms with Crippen LogP contribution in [0.1, 0.15) is 27.2 Å². The SMILES string of the molecule is CC.CCCN(C)CC(=O)O. The third kappa shape index (κ3) is 12.6. The number of rotatable bonds is 4. The number of hydrogen-bond donors (Lipinski definition) is 1. The smallest absolute Gasteiger partial charge is 0.317 e. The summed E-state index contributed by atoms with van der Waals surface area (Å²) in [5.41, 5.74) is 0. The second-order valence-electron chi connectivity index (χ2n) is 2.13. The van der Waals surface area contributed by atoms with Gasteiger partial charge in [-0.3, -0.25) is 9.69 Å². The Hall–Kier alpha value is -0.570. The summed E-state index contributed by atoms with van der Waals surface area (Å²) in [6.45, 7) is 7.03. The Balaban J connectivity index is 0. The lowest BCUT2D eigenvalue weighted by molar-refractivity contribution is -0.137. The van der Waals surface area contributed by atoms with Crippen LogP contribution in [0.4, 0.5) is 0 Å². The summed E-state index contributed by atoms with van der Waals surface area (Å²) in [5.74, 6) is -0.758. The molecule has 0 spiro atoms. The van der Waals surface area contributed by atoms with Crippen molar-refractivity contribution in [2.45, 2.75) is 27.2 Å². The van der Waals surface area contributed by atoms with Gasteiger partial charge >= 0.3 is 5.97 Å². The Labute approximate surface area is 69.0 Å². The highest BCUT2D eigenvalue weighted by molar-refractivity contribution is 5.68. The zero-order chi connectivity index (χ0) is 9.28. The second kappa shape index (κ2) is 9.43. The summed E-state index contributed by atoms with van der Waals surface area (Å²) < 4.78 is 0. The summed E-state index contributed by atoms with van der Waals surface area (Å²) in [7, 11) is 1.80. The lowest BCUT2D eigenvalue weighted by Crippen LogP contribution is -2.26. The van der Waals surface area contributed by atoms with Crippen LogP contribution >= 0.6 is 0 Å². The Morgan fingerprint density at radius 3 is 2.18 bits per heavy atom. The molecule has 0 unspecified atom stereocenters. The Morgan fingerprint density at radius 1 is 1.45 bits per heavy atom. The molecule has 0 atom stereocenters. The van der Waals surface area contributed by atoms with E-state index in [9.17, 15) is 4.79 Å². The molecular weight excluding hydrogens is 142 g/mol. The quantitative estimate of drug-likeness (QED) is 0.678.